The third-order valence-corrected chi connectivity index (χ3v) is 7.59. The zero-order valence-electron chi connectivity index (χ0n) is 20.2. The van der Waals surface area contributed by atoms with Gasteiger partial charge >= 0.3 is 0 Å². The molecule has 3 aromatic rings. The first-order valence-corrected chi connectivity index (χ1v) is 13.2. The number of nitrogens with zero attached hydrogens (tertiary/aromatic N) is 1. The van der Waals surface area contributed by atoms with Crippen molar-refractivity contribution in [3.63, 3.8) is 0 Å². The second-order valence-electron chi connectivity index (χ2n) is 8.49. The third-order valence-electron chi connectivity index (χ3n) is 6.12. The number of fused-ring (bicyclic) bond motifs is 1. The highest BCUT2D eigenvalue weighted by molar-refractivity contribution is 7.89. The summed E-state index contributed by atoms with van der Waals surface area (Å²) < 4.78 is 34.7. The summed E-state index contributed by atoms with van der Waals surface area (Å²) in [4.78, 5) is 27.2. The van der Waals surface area contributed by atoms with Crippen LogP contribution in [0.25, 0.3) is 0 Å². The lowest BCUT2D eigenvalue weighted by molar-refractivity contribution is -0.118. The molecular weight excluding hydrogens is 478 g/mol. The van der Waals surface area contributed by atoms with Crippen LogP contribution in [-0.4, -0.2) is 39.9 Å². The topological polar surface area (TPSA) is 105 Å². The number of amides is 2. The second kappa shape index (κ2) is 10.9. The van der Waals surface area contributed by atoms with E-state index >= 15 is 0 Å². The number of rotatable bonds is 9. The van der Waals surface area contributed by atoms with E-state index in [1.807, 2.05) is 30.3 Å². The van der Waals surface area contributed by atoms with Crippen molar-refractivity contribution in [2.24, 2.45) is 0 Å². The number of ether oxygens (including phenoxy) is 1. The van der Waals surface area contributed by atoms with Gasteiger partial charge in [0, 0.05) is 18.7 Å². The lowest BCUT2D eigenvalue weighted by Crippen LogP contribution is -2.45. The maximum Gasteiger partial charge on any atom is 0.243 e. The van der Waals surface area contributed by atoms with Crippen LogP contribution in [0.15, 0.2) is 77.7 Å². The number of sulfonamides is 1. The molecule has 1 heterocycles. The van der Waals surface area contributed by atoms with Gasteiger partial charge in [-0.2, -0.15) is 4.72 Å². The van der Waals surface area contributed by atoms with Crippen molar-refractivity contribution >= 4 is 33.2 Å². The Morgan fingerprint density at radius 2 is 1.75 bits per heavy atom. The van der Waals surface area contributed by atoms with E-state index in [0.717, 1.165) is 16.8 Å². The van der Waals surface area contributed by atoms with Crippen LogP contribution in [0.3, 0.4) is 0 Å². The van der Waals surface area contributed by atoms with Crippen LogP contribution in [0.4, 0.5) is 11.4 Å². The third kappa shape index (κ3) is 5.58. The minimum absolute atomic E-state index is 0.00146. The molecule has 0 fully saturated rings. The number of anilines is 2. The van der Waals surface area contributed by atoms with Crippen molar-refractivity contribution in [1.29, 1.82) is 0 Å². The predicted molar refractivity (Wildman–Crippen MR) is 139 cm³/mol. The van der Waals surface area contributed by atoms with Gasteiger partial charge in [-0.25, -0.2) is 8.42 Å². The molecule has 0 aromatic heterocycles. The summed E-state index contributed by atoms with van der Waals surface area (Å²) in [6, 6.07) is 19.8. The van der Waals surface area contributed by atoms with Crippen molar-refractivity contribution in [2.45, 2.75) is 37.1 Å². The van der Waals surface area contributed by atoms with Crippen LogP contribution < -0.4 is 19.7 Å². The molecule has 0 saturated carbocycles. The Kier molecular flexibility index (Phi) is 7.71. The summed E-state index contributed by atoms with van der Waals surface area (Å²) in [7, 11) is -2.54. The van der Waals surface area contributed by atoms with Gasteiger partial charge < -0.3 is 15.0 Å². The first kappa shape index (κ1) is 25.4. The fourth-order valence-corrected chi connectivity index (χ4v) is 5.50. The number of hydrogen-bond donors (Lipinski definition) is 2. The summed E-state index contributed by atoms with van der Waals surface area (Å²) in [5.41, 5.74) is 2.77. The SMILES string of the molecule is CCC(=O)N1CCc2cc(S(=O)(=O)NC(Cc3ccccc3)C(=O)Nc3ccccc3OC)ccc21. The number of carbonyl (C=O) groups is 2. The standard InChI is InChI=1S/C27H29N3O5S/c1-3-26(31)30-16-15-20-18-21(13-14-24(20)30)36(33,34)29-23(17-19-9-5-4-6-10-19)27(32)28-22-11-7-8-12-25(22)35-2/h4-14,18,23,29H,3,15-17H2,1-2H3,(H,28,32). The number of hydrogen-bond acceptors (Lipinski definition) is 5. The molecule has 1 atom stereocenters. The van der Waals surface area contributed by atoms with E-state index in [2.05, 4.69) is 10.0 Å². The number of nitrogens with one attached hydrogen (secondary N) is 2. The first-order valence-electron chi connectivity index (χ1n) is 11.8. The van der Waals surface area contributed by atoms with E-state index in [9.17, 15) is 18.0 Å². The van der Waals surface area contributed by atoms with Crippen LogP contribution >= 0.6 is 0 Å². The van der Waals surface area contributed by atoms with E-state index < -0.39 is 22.0 Å². The van der Waals surface area contributed by atoms with Gasteiger partial charge in [0.15, 0.2) is 0 Å². The van der Waals surface area contributed by atoms with Crippen LogP contribution in [0.5, 0.6) is 5.75 Å². The Morgan fingerprint density at radius 3 is 2.47 bits per heavy atom. The zero-order valence-corrected chi connectivity index (χ0v) is 21.0. The molecule has 8 nitrogen and oxygen atoms in total. The Hall–Kier alpha value is -3.69. The molecule has 3 aromatic carbocycles. The highest BCUT2D eigenvalue weighted by Crippen LogP contribution is 2.31. The van der Waals surface area contributed by atoms with Crippen molar-refractivity contribution in [2.75, 3.05) is 23.9 Å². The van der Waals surface area contributed by atoms with Crippen molar-refractivity contribution in [1.82, 2.24) is 4.72 Å². The molecule has 36 heavy (non-hydrogen) atoms. The highest BCUT2D eigenvalue weighted by Gasteiger charge is 2.29. The Labute approximate surface area is 211 Å². The largest absolute Gasteiger partial charge is 0.495 e. The summed E-state index contributed by atoms with van der Waals surface area (Å²) in [6.45, 7) is 2.32. The summed E-state index contributed by atoms with van der Waals surface area (Å²) in [6.07, 6.45) is 1.11. The minimum atomic E-state index is -4.04. The molecule has 2 amide bonds. The van der Waals surface area contributed by atoms with Gasteiger partial charge in [-0.3, -0.25) is 9.59 Å². The number of para-hydroxylation sites is 2. The predicted octanol–water partition coefficient (Wildman–Crippen LogP) is 3.52. The fraction of sp³-hybridized carbons (Fsp3) is 0.259. The Balaban J connectivity index is 1.60. The molecule has 188 valence electrons. The monoisotopic (exact) mass is 507 g/mol. The summed E-state index contributed by atoms with van der Waals surface area (Å²) in [5, 5.41) is 2.79. The minimum Gasteiger partial charge on any atom is -0.495 e. The van der Waals surface area contributed by atoms with Crippen LogP contribution in [0, 0.1) is 0 Å². The highest BCUT2D eigenvalue weighted by atomic mass is 32.2. The molecule has 2 N–H and O–H groups in total. The molecule has 9 heteroatoms. The van der Waals surface area contributed by atoms with Gasteiger partial charge in [0.25, 0.3) is 0 Å². The second-order valence-corrected chi connectivity index (χ2v) is 10.2. The lowest BCUT2D eigenvalue weighted by Gasteiger charge is -2.20. The average molecular weight is 508 g/mol. The molecule has 0 bridgehead atoms. The van der Waals surface area contributed by atoms with Gasteiger partial charge in [-0.1, -0.05) is 49.4 Å². The van der Waals surface area contributed by atoms with Crippen LogP contribution in [0.1, 0.15) is 24.5 Å². The molecule has 0 saturated heterocycles. The van der Waals surface area contributed by atoms with Crippen LogP contribution in [0.2, 0.25) is 0 Å². The molecular formula is C27H29N3O5S. The smallest absolute Gasteiger partial charge is 0.243 e. The van der Waals surface area contributed by atoms with E-state index in [4.69, 9.17) is 4.74 Å². The molecule has 0 radical (unpaired) electrons. The van der Waals surface area contributed by atoms with E-state index in [0.29, 0.717) is 30.8 Å². The molecule has 1 unspecified atom stereocenters. The van der Waals surface area contributed by atoms with Crippen molar-refractivity contribution in [3.8, 4) is 5.75 Å². The molecule has 4 rings (SSSR count). The fourth-order valence-electron chi connectivity index (χ4n) is 4.26. The maximum absolute atomic E-state index is 13.4. The van der Waals surface area contributed by atoms with Crippen LogP contribution in [-0.2, 0) is 32.5 Å². The van der Waals surface area contributed by atoms with Crippen molar-refractivity contribution in [3.05, 3.63) is 83.9 Å². The molecule has 1 aliphatic heterocycles. The molecule has 0 aliphatic carbocycles. The lowest BCUT2D eigenvalue weighted by atomic mass is 10.1. The Bertz CT molecular complexity index is 1360. The van der Waals surface area contributed by atoms with Gasteiger partial charge in [0.1, 0.15) is 11.8 Å². The quantitative estimate of drug-likeness (QED) is 0.461. The van der Waals surface area contributed by atoms with Crippen molar-refractivity contribution < 1.29 is 22.7 Å². The first-order chi connectivity index (χ1) is 17.3. The van der Waals surface area contributed by atoms with E-state index in [-0.39, 0.29) is 17.2 Å². The number of benzene rings is 3. The maximum atomic E-state index is 13.4. The van der Waals surface area contributed by atoms with E-state index in [1.54, 1.807) is 48.2 Å². The van der Waals surface area contributed by atoms with E-state index in [1.165, 1.54) is 13.2 Å². The number of methoxy groups -OCH3 is 1. The summed E-state index contributed by atoms with van der Waals surface area (Å²) in [5.74, 6) is -0.0387. The normalized spacial score (nSPS) is 13.7. The summed E-state index contributed by atoms with van der Waals surface area (Å²) >= 11 is 0. The zero-order chi connectivity index (χ0) is 25.7. The molecule has 1 aliphatic rings. The average Bonchev–Trinajstić information content (AvgIpc) is 3.32. The Morgan fingerprint density at radius 1 is 1.03 bits per heavy atom. The number of carbonyl (C=O) groups excluding carboxylic acids is 2. The molecule has 0 spiro atoms. The van der Waals surface area contributed by atoms with Gasteiger partial charge in [0.05, 0.1) is 17.7 Å². The van der Waals surface area contributed by atoms with Gasteiger partial charge in [0.2, 0.25) is 21.8 Å². The van der Waals surface area contributed by atoms with Gasteiger partial charge in [-0.05, 0) is 54.3 Å². The van der Waals surface area contributed by atoms with Gasteiger partial charge in [-0.15, -0.1) is 0 Å².